The molecule has 2 fully saturated rings. The maximum Gasteiger partial charge on any atom is 0.0586 e. The first-order valence-corrected chi connectivity index (χ1v) is 5.58. The van der Waals surface area contributed by atoms with Gasteiger partial charge in [-0.25, -0.2) is 0 Å². The van der Waals surface area contributed by atoms with Crippen LogP contribution >= 0.6 is 0 Å². The molecule has 2 aliphatic carbocycles. The molecule has 2 heteroatoms. The van der Waals surface area contributed by atoms with Gasteiger partial charge in [0.2, 0.25) is 0 Å². The fourth-order valence-electron chi connectivity index (χ4n) is 2.41. The Labute approximate surface area is 81.0 Å². The van der Waals surface area contributed by atoms with E-state index in [0.717, 1.165) is 18.0 Å². The number of hydrogen-bond acceptors (Lipinski definition) is 2. The predicted octanol–water partition coefficient (Wildman–Crippen LogP) is 1.94. The SMILES string of the molecule is COC1CCC(NC(C)C2CC2)C1. The number of methoxy groups -OCH3 is 1. The van der Waals surface area contributed by atoms with E-state index in [-0.39, 0.29) is 0 Å². The summed E-state index contributed by atoms with van der Waals surface area (Å²) in [5.41, 5.74) is 0. The molecule has 2 nitrogen and oxygen atoms in total. The summed E-state index contributed by atoms with van der Waals surface area (Å²) in [6.07, 6.45) is 7.15. The van der Waals surface area contributed by atoms with Gasteiger partial charge in [-0.15, -0.1) is 0 Å². The van der Waals surface area contributed by atoms with Crippen molar-refractivity contribution < 1.29 is 4.74 Å². The maximum absolute atomic E-state index is 5.36. The highest BCUT2D eigenvalue weighted by Crippen LogP contribution is 2.33. The van der Waals surface area contributed by atoms with E-state index in [0.29, 0.717) is 6.10 Å². The minimum atomic E-state index is 0.518. The van der Waals surface area contributed by atoms with Gasteiger partial charge in [0.15, 0.2) is 0 Å². The molecule has 2 saturated carbocycles. The lowest BCUT2D eigenvalue weighted by molar-refractivity contribution is 0.106. The molecule has 1 N–H and O–H groups in total. The lowest BCUT2D eigenvalue weighted by Crippen LogP contribution is -2.36. The molecule has 0 aliphatic heterocycles. The third-order valence-electron chi connectivity index (χ3n) is 3.55. The van der Waals surface area contributed by atoms with Gasteiger partial charge in [0.1, 0.15) is 0 Å². The van der Waals surface area contributed by atoms with E-state index in [2.05, 4.69) is 12.2 Å². The standard InChI is InChI=1S/C11H21NO/c1-8(9-3-4-9)12-10-5-6-11(7-10)13-2/h8-12H,3-7H2,1-2H3. The Balaban J connectivity index is 1.70. The van der Waals surface area contributed by atoms with Crippen molar-refractivity contribution in [2.24, 2.45) is 5.92 Å². The van der Waals surface area contributed by atoms with Crippen LogP contribution in [0, 0.1) is 5.92 Å². The summed E-state index contributed by atoms with van der Waals surface area (Å²) in [6.45, 7) is 2.33. The lowest BCUT2D eigenvalue weighted by atomic mass is 10.1. The zero-order valence-corrected chi connectivity index (χ0v) is 8.75. The summed E-state index contributed by atoms with van der Waals surface area (Å²) < 4.78 is 5.36. The van der Waals surface area contributed by atoms with Crippen LogP contribution in [0.5, 0.6) is 0 Å². The van der Waals surface area contributed by atoms with Crippen LogP contribution in [0.4, 0.5) is 0 Å². The predicted molar refractivity (Wildman–Crippen MR) is 53.8 cm³/mol. The molecule has 0 radical (unpaired) electrons. The molecule has 0 bridgehead atoms. The average Bonchev–Trinajstić information content (AvgIpc) is 2.88. The second-order valence-electron chi connectivity index (χ2n) is 4.66. The van der Waals surface area contributed by atoms with E-state index in [1.807, 2.05) is 7.11 Å². The first kappa shape index (κ1) is 9.47. The van der Waals surface area contributed by atoms with Crippen molar-refractivity contribution in [3.05, 3.63) is 0 Å². The quantitative estimate of drug-likeness (QED) is 0.719. The molecule has 3 atom stereocenters. The van der Waals surface area contributed by atoms with Crippen LogP contribution < -0.4 is 5.32 Å². The van der Waals surface area contributed by atoms with E-state index in [1.165, 1.54) is 32.1 Å². The maximum atomic E-state index is 5.36. The first-order chi connectivity index (χ1) is 6.29. The number of rotatable bonds is 4. The van der Waals surface area contributed by atoms with E-state index < -0.39 is 0 Å². The molecule has 76 valence electrons. The Morgan fingerprint density at radius 3 is 2.54 bits per heavy atom. The van der Waals surface area contributed by atoms with Crippen LogP contribution in [0.2, 0.25) is 0 Å². The molecule has 0 heterocycles. The van der Waals surface area contributed by atoms with E-state index in [1.54, 1.807) is 0 Å². The number of hydrogen-bond donors (Lipinski definition) is 1. The normalized spacial score (nSPS) is 36.5. The van der Waals surface area contributed by atoms with Gasteiger partial charge in [0.05, 0.1) is 6.10 Å². The molecular weight excluding hydrogens is 162 g/mol. The highest BCUT2D eigenvalue weighted by atomic mass is 16.5. The van der Waals surface area contributed by atoms with Crippen LogP contribution in [-0.4, -0.2) is 25.3 Å². The van der Waals surface area contributed by atoms with Crippen LogP contribution in [-0.2, 0) is 4.74 Å². The summed E-state index contributed by atoms with van der Waals surface area (Å²) >= 11 is 0. The zero-order chi connectivity index (χ0) is 9.26. The molecule has 0 spiro atoms. The van der Waals surface area contributed by atoms with Gasteiger partial charge in [0.25, 0.3) is 0 Å². The summed E-state index contributed by atoms with van der Waals surface area (Å²) in [4.78, 5) is 0. The summed E-state index contributed by atoms with van der Waals surface area (Å²) in [5, 5.41) is 3.73. The highest BCUT2D eigenvalue weighted by molar-refractivity contribution is 4.88. The Morgan fingerprint density at radius 2 is 2.00 bits per heavy atom. The summed E-state index contributed by atoms with van der Waals surface area (Å²) in [7, 11) is 1.83. The minimum Gasteiger partial charge on any atom is -0.381 e. The van der Waals surface area contributed by atoms with Crippen molar-refractivity contribution in [2.45, 2.75) is 57.2 Å². The molecular formula is C11H21NO. The molecule has 0 aromatic rings. The van der Waals surface area contributed by atoms with Crippen molar-refractivity contribution >= 4 is 0 Å². The first-order valence-electron chi connectivity index (χ1n) is 5.58. The fourth-order valence-corrected chi connectivity index (χ4v) is 2.41. The Morgan fingerprint density at radius 1 is 1.23 bits per heavy atom. The van der Waals surface area contributed by atoms with Crippen LogP contribution in [0.25, 0.3) is 0 Å². The molecule has 2 rings (SSSR count). The van der Waals surface area contributed by atoms with Crippen LogP contribution in [0.15, 0.2) is 0 Å². The molecule has 13 heavy (non-hydrogen) atoms. The van der Waals surface area contributed by atoms with Gasteiger partial charge in [-0.3, -0.25) is 0 Å². The highest BCUT2D eigenvalue weighted by Gasteiger charge is 2.31. The molecule has 0 amide bonds. The van der Waals surface area contributed by atoms with Crippen molar-refractivity contribution in [1.82, 2.24) is 5.32 Å². The average molecular weight is 183 g/mol. The van der Waals surface area contributed by atoms with Gasteiger partial charge in [-0.05, 0) is 44.9 Å². The second kappa shape index (κ2) is 3.97. The second-order valence-corrected chi connectivity index (χ2v) is 4.66. The smallest absolute Gasteiger partial charge is 0.0586 e. The lowest BCUT2D eigenvalue weighted by Gasteiger charge is -2.18. The molecule has 3 unspecified atom stereocenters. The largest absolute Gasteiger partial charge is 0.381 e. The topological polar surface area (TPSA) is 21.3 Å². The van der Waals surface area contributed by atoms with E-state index >= 15 is 0 Å². The third kappa shape index (κ3) is 2.44. The molecule has 0 aromatic heterocycles. The molecule has 0 aromatic carbocycles. The van der Waals surface area contributed by atoms with Gasteiger partial charge >= 0.3 is 0 Å². The fraction of sp³-hybridized carbons (Fsp3) is 1.00. The molecule has 2 aliphatic rings. The third-order valence-corrected chi connectivity index (χ3v) is 3.55. The molecule has 0 saturated heterocycles. The van der Waals surface area contributed by atoms with Gasteiger partial charge < -0.3 is 10.1 Å². The number of ether oxygens (including phenoxy) is 1. The van der Waals surface area contributed by atoms with Crippen molar-refractivity contribution in [1.29, 1.82) is 0 Å². The van der Waals surface area contributed by atoms with Crippen LogP contribution in [0.3, 0.4) is 0 Å². The summed E-state index contributed by atoms with van der Waals surface area (Å²) in [6, 6.07) is 1.46. The van der Waals surface area contributed by atoms with Gasteiger partial charge in [-0.1, -0.05) is 0 Å². The number of nitrogens with one attached hydrogen (secondary N) is 1. The summed E-state index contributed by atoms with van der Waals surface area (Å²) in [5.74, 6) is 0.974. The van der Waals surface area contributed by atoms with Crippen molar-refractivity contribution in [3.63, 3.8) is 0 Å². The zero-order valence-electron chi connectivity index (χ0n) is 8.75. The van der Waals surface area contributed by atoms with Crippen molar-refractivity contribution in [3.8, 4) is 0 Å². The van der Waals surface area contributed by atoms with Crippen LogP contribution in [0.1, 0.15) is 39.0 Å². The van der Waals surface area contributed by atoms with E-state index in [9.17, 15) is 0 Å². The van der Waals surface area contributed by atoms with Gasteiger partial charge in [0, 0.05) is 19.2 Å². The van der Waals surface area contributed by atoms with Crippen molar-refractivity contribution in [2.75, 3.05) is 7.11 Å². The Bertz CT molecular complexity index is 167. The van der Waals surface area contributed by atoms with E-state index in [4.69, 9.17) is 4.74 Å². The Hall–Kier alpha value is -0.0800. The Kier molecular flexibility index (Phi) is 2.89. The van der Waals surface area contributed by atoms with Gasteiger partial charge in [-0.2, -0.15) is 0 Å². The monoisotopic (exact) mass is 183 g/mol. The minimum absolute atomic E-state index is 0.518.